The predicted octanol–water partition coefficient (Wildman–Crippen LogP) is 4.11. The first-order chi connectivity index (χ1) is 14.1. The van der Waals surface area contributed by atoms with Crippen molar-refractivity contribution in [3.63, 3.8) is 0 Å². The maximum absolute atomic E-state index is 12.6. The summed E-state index contributed by atoms with van der Waals surface area (Å²) in [4.78, 5) is 28.6. The van der Waals surface area contributed by atoms with Crippen LogP contribution in [0.3, 0.4) is 0 Å². The van der Waals surface area contributed by atoms with Gasteiger partial charge < -0.3 is 14.6 Å². The molecule has 3 aromatic rings. The third-order valence-corrected chi connectivity index (χ3v) is 4.75. The van der Waals surface area contributed by atoms with Crippen LogP contribution < -0.4 is 5.32 Å². The Bertz CT molecular complexity index is 1030. The monoisotopic (exact) mass is 409 g/mol. The Morgan fingerprint density at radius 2 is 1.93 bits per heavy atom. The highest BCUT2D eigenvalue weighted by molar-refractivity contribution is 7.97. The zero-order chi connectivity index (χ0) is 20.6. The first-order valence-corrected chi connectivity index (χ1v) is 10.7. The highest BCUT2D eigenvalue weighted by Gasteiger charge is 2.13. The molecule has 1 N–H and O–H groups in total. The van der Waals surface area contributed by atoms with Crippen molar-refractivity contribution in [2.24, 2.45) is 0 Å². The Hall–Kier alpha value is -3.06. The topological polar surface area (TPSA) is 73.2 Å². The molecule has 1 amide bonds. The van der Waals surface area contributed by atoms with E-state index in [1.165, 1.54) is 6.08 Å². The van der Waals surface area contributed by atoms with Crippen LogP contribution in [0.2, 0.25) is 0 Å². The van der Waals surface area contributed by atoms with E-state index in [1.807, 2.05) is 47.2 Å². The summed E-state index contributed by atoms with van der Waals surface area (Å²) in [5.74, 6) is 1.13. The number of nitrogens with one attached hydrogen (secondary N) is 1. The lowest BCUT2D eigenvalue weighted by molar-refractivity contribution is -0.137. The third-order valence-electron chi connectivity index (χ3n) is 4.20. The van der Waals surface area contributed by atoms with Crippen molar-refractivity contribution in [1.29, 1.82) is 0 Å². The van der Waals surface area contributed by atoms with Crippen molar-refractivity contribution in [1.82, 2.24) is 9.55 Å². The lowest BCUT2D eigenvalue weighted by Crippen LogP contribution is -2.20. The average Bonchev–Trinajstić information content (AvgIpc) is 3.05. The molecular weight excluding hydrogens is 386 g/mol. The van der Waals surface area contributed by atoms with E-state index in [9.17, 15) is 9.59 Å². The van der Waals surface area contributed by atoms with Gasteiger partial charge in [-0.05, 0) is 49.1 Å². The first-order valence-electron chi connectivity index (χ1n) is 9.28. The van der Waals surface area contributed by atoms with Gasteiger partial charge >= 0.3 is 5.97 Å². The molecule has 0 saturated heterocycles. The minimum Gasteiger partial charge on any atom is -0.463 e. The van der Waals surface area contributed by atoms with Gasteiger partial charge in [0.1, 0.15) is 12.4 Å². The van der Waals surface area contributed by atoms with Crippen molar-refractivity contribution in [3.8, 4) is 0 Å². The van der Waals surface area contributed by atoms with Gasteiger partial charge in [0.05, 0.1) is 23.4 Å². The summed E-state index contributed by atoms with van der Waals surface area (Å²) in [6.07, 6.45) is 5.08. The van der Waals surface area contributed by atoms with Crippen molar-refractivity contribution in [2.45, 2.75) is 19.2 Å². The van der Waals surface area contributed by atoms with Crippen molar-refractivity contribution in [2.75, 3.05) is 18.2 Å². The van der Waals surface area contributed by atoms with Gasteiger partial charge in [0.15, 0.2) is 0 Å². The lowest BCUT2D eigenvalue weighted by atomic mass is 10.2. The second-order valence-corrected chi connectivity index (χ2v) is 7.16. The Morgan fingerprint density at radius 3 is 2.66 bits per heavy atom. The van der Waals surface area contributed by atoms with E-state index < -0.39 is 0 Å². The highest BCUT2D eigenvalue weighted by Crippen LogP contribution is 2.19. The van der Waals surface area contributed by atoms with Crippen LogP contribution in [0.15, 0.2) is 54.6 Å². The van der Waals surface area contributed by atoms with E-state index in [4.69, 9.17) is 4.74 Å². The van der Waals surface area contributed by atoms with Gasteiger partial charge in [-0.2, -0.15) is 11.8 Å². The van der Waals surface area contributed by atoms with Crippen LogP contribution in [0.5, 0.6) is 0 Å². The summed E-state index contributed by atoms with van der Waals surface area (Å²) >= 11 is 1.67. The summed E-state index contributed by atoms with van der Waals surface area (Å²) in [5, 5.41) is 2.92. The largest absolute Gasteiger partial charge is 0.463 e. The Balaban J connectivity index is 1.67. The van der Waals surface area contributed by atoms with Gasteiger partial charge in [-0.3, -0.25) is 4.79 Å². The maximum Gasteiger partial charge on any atom is 0.330 e. The summed E-state index contributed by atoms with van der Waals surface area (Å²) < 4.78 is 6.81. The normalized spacial score (nSPS) is 11.1. The molecule has 1 heterocycles. The number of rotatable bonds is 8. The first kappa shape index (κ1) is 20.7. The number of ether oxygens (including phenoxy) is 1. The molecule has 0 aliphatic rings. The summed E-state index contributed by atoms with van der Waals surface area (Å²) in [6.45, 7) is 2.31. The van der Waals surface area contributed by atoms with Crippen molar-refractivity contribution >= 4 is 46.4 Å². The molecule has 29 heavy (non-hydrogen) atoms. The molecule has 7 heteroatoms. The number of hydrogen-bond acceptors (Lipinski definition) is 5. The van der Waals surface area contributed by atoms with Crippen molar-refractivity contribution < 1.29 is 14.3 Å². The van der Waals surface area contributed by atoms with E-state index in [-0.39, 0.29) is 18.4 Å². The quantitative estimate of drug-likeness (QED) is 0.448. The lowest BCUT2D eigenvalue weighted by Gasteiger charge is -2.10. The SMILES string of the molecule is CCOC(=O)/C=C/c1ccc(NC(=O)Cn2c(CSC)nc3ccccc32)cc1. The molecule has 3 rings (SSSR count). The Kier molecular flexibility index (Phi) is 7.08. The minimum atomic E-state index is -0.376. The molecule has 1 aromatic heterocycles. The fourth-order valence-electron chi connectivity index (χ4n) is 2.92. The van der Waals surface area contributed by atoms with Crippen molar-refractivity contribution in [3.05, 3.63) is 66.0 Å². The van der Waals surface area contributed by atoms with Gasteiger partial charge in [0.2, 0.25) is 5.91 Å². The number of fused-ring (bicyclic) bond motifs is 1. The van der Waals surface area contributed by atoms with Gasteiger partial charge in [0.25, 0.3) is 0 Å². The number of imidazole rings is 1. The summed E-state index contributed by atoms with van der Waals surface area (Å²) in [5.41, 5.74) is 3.38. The Labute approximate surface area is 174 Å². The number of thioether (sulfide) groups is 1. The molecule has 0 aliphatic heterocycles. The number of nitrogens with zero attached hydrogens (tertiary/aromatic N) is 2. The number of benzene rings is 2. The van der Waals surface area contributed by atoms with Gasteiger partial charge in [-0.1, -0.05) is 24.3 Å². The van der Waals surface area contributed by atoms with E-state index in [1.54, 1.807) is 36.9 Å². The molecule has 0 atom stereocenters. The van der Waals surface area contributed by atoms with Gasteiger partial charge in [0, 0.05) is 11.8 Å². The smallest absolute Gasteiger partial charge is 0.330 e. The summed E-state index contributed by atoms with van der Waals surface area (Å²) in [6, 6.07) is 15.1. The zero-order valence-electron chi connectivity index (χ0n) is 16.4. The molecule has 150 valence electrons. The highest BCUT2D eigenvalue weighted by atomic mass is 32.2. The number of esters is 1. The van der Waals surface area contributed by atoms with Crippen LogP contribution in [0, 0.1) is 0 Å². The van der Waals surface area contributed by atoms with Crippen LogP contribution in [0.1, 0.15) is 18.3 Å². The number of carbonyl (C=O) groups excluding carboxylic acids is 2. The molecule has 6 nitrogen and oxygen atoms in total. The standard InChI is InChI=1S/C22H23N3O3S/c1-3-28-22(27)13-10-16-8-11-17(12-9-16)23-21(26)14-25-19-7-5-4-6-18(19)24-20(25)15-29-2/h4-13H,3,14-15H2,1-2H3,(H,23,26)/b13-10+. The molecule has 0 fully saturated rings. The van der Waals surface area contributed by atoms with Gasteiger partial charge in [-0.25, -0.2) is 9.78 Å². The molecule has 0 saturated carbocycles. The number of amides is 1. The molecule has 0 unspecified atom stereocenters. The fourth-order valence-corrected chi connectivity index (χ4v) is 3.40. The minimum absolute atomic E-state index is 0.120. The maximum atomic E-state index is 12.6. The third kappa shape index (κ3) is 5.48. The number of anilines is 1. The van der Waals surface area contributed by atoms with Gasteiger partial charge in [-0.15, -0.1) is 0 Å². The van der Waals surface area contributed by atoms with E-state index >= 15 is 0 Å². The molecule has 2 aromatic carbocycles. The molecule has 0 radical (unpaired) electrons. The second-order valence-electron chi connectivity index (χ2n) is 6.29. The molecule has 0 spiro atoms. The summed E-state index contributed by atoms with van der Waals surface area (Å²) in [7, 11) is 0. The molecule has 0 bridgehead atoms. The van der Waals surface area contributed by atoms with E-state index in [0.29, 0.717) is 12.3 Å². The number of aromatic nitrogens is 2. The molecule has 0 aliphatic carbocycles. The number of hydrogen-bond donors (Lipinski definition) is 1. The zero-order valence-corrected chi connectivity index (χ0v) is 17.2. The molecular formula is C22H23N3O3S. The van der Waals surface area contributed by atoms with E-state index in [2.05, 4.69) is 10.3 Å². The second kappa shape index (κ2) is 9.93. The fraction of sp³-hybridized carbons (Fsp3) is 0.227. The Morgan fingerprint density at radius 1 is 1.17 bits per heavy atom. The van der Waals surface area contributed by atoms with Crippen LogP contribution in [-0.4, -0.2) is 34.3 Å². The van der Waals surface area contributed by atoms with Crippen LogP contribution in [0.4, 0.5) is 5.69 Å². The van der Waals surface area contributed by atoms with Crippen LogP contribution in [0.25, 0.3) is 17.1 Å². The average molecular weight is 410 g/mol. The predicted molar refractivity (Wildman–Crippen MR) is 118 cm³/mol. The van der Waals surface area contributed by atoms with E-state index in [0.717, 1.165) is 28.2 Å². The van der Waals surface area contributed by atoms with Crippen LogP contribution >= 0.6 is 11.8 Å². The van der Waals surface area contributed by atoms with Crippen LogP contribution in [-0.2, 0) is 26.6 Å². The number of carbonyl (C=O) groups is 2. The number of para-hydroxylation sites is 2.